The largest absolute Gasteiger partial charge is 0.491 e. The van der Waals surface area contributed by atoms with Crippen molar-refractivity contribution in [2.75, 3.05) is 26.2 Å². The van der Waals surface area contributed by atoms with Crippen LogP contribution in [0, 0.1) is 12.3 Å². The van der Waals surface area contributed by atoms with Crippen molar-refractivity contribution < 1.29 is 9.53 Å². The zero-order chi connectivity index (χ0) is 24.8. The molecule has 5 heteroatoms. The molecule has 1 spiro atoms. The summed E-state index contributed by atoms with van der Waals surface area (Å²) in [6.45, 7) is 12.6. The van der Waals surface area contributed by atoms with Crippen LogP contribution < -0.4 is 4.74 Å². The number of hydrogen-bond donors (Lipinski definition) is 0. The lowest BCUT2D eigenvalue weighted by atomic mass is 9.80. The van der Waals surface area contributed by atoms with E-state index >= 15 is 0 Å². The molecule has 1 aliphatic carbocycles. The smallest absolute Gasteiger partial charge is 0.254 e. The second-order valence-electron chi connectivity index (χ2n) is 11.5. The van der Waals surface area contributed by atoms with Gasteiger partial charge in [-0.2, -0.15) is 0 Å². The highest BCUT2D eigenvalue weighted by atomic mass is 35.5. The third-order valence-electron chi connectivity index (χ3n) is 9.12. The summed E-state index contributed by atoms with van der Waals surface area (Å²) >= 11 is 6.25. The summed E-state index contributed by atoms with van der Waals surface area (Å²) in [5.74, 6) is 1.09. The molecule has 1 amide bonds. The van der Waals surface area contributed by atoms with Gasteiger partial charge in [0.25, 0.3) is 5.91 Å². The molecule has 2 saturated heterocycles. The van der Waals surface area contributed by atoms with Crippen molar-refractivity contribution in [1.82, 2.24) is 9.80 Å². The van der Waals surface area contributed by atoms with Gasteiger partial charge in [-0.25, -0.2) is 0 Å². The minimum absolute atomic E-state index is 0.125. The lowest BCUT2D eigenvalue weighted by Gasteiger charge is -2.43. The van der Waals surface area contributed by atoms with Crippen LogP contribution >= 0.6 is 11.6 Å². The summed E-state index contributed by atoms with van der Waals surface area (Å²) in [6.07, 6.45) is 6.17. The lowest BCUT2D eigenvalue weighted by molar-refractivity contribution is 0.0518. The normalized spacial score (nSPS) is 24.7. The Balaban J connectivity index is 1.14. The van der Waals surface area contributed by atoms with Gasteiger partial charge in [-0.15, -0.1) is 0 Å². The Hall–Kier alpha value is -2.04. The van der Waals surface area contributed by atoms with Gasteiger partial charge in [0.05, 0.1) is 6.10 Å². The van der Waals surface area contributed by atoms with Crippen LogP contribution in [0.3, 0.4) is 0 Å². The van der Waals surface area contributed by atoms with Crippen LogP contribution in [-0.2, 0) is 5.41 Å². The van der Waals surface area contributed by atoms with Crippen molar-refractivity contribution in [2.45, 2.75) is 77.4 Å². The molecule has 35 heavy (non-hydrogen) atoms. The van der Waals surface area contributed by atoms with Gasteiger partial charge >= 0.3 is 0 Å². The summed E-state index contributed by atoms with van der Waals surface area (Å²) in [5, 5.41) is 0.667. The van der Waals surface area contributed by atoms with Gasteiger partial charge in [-0.05, 0) is 112 Å². The molecule has 0 bridgehead atoms. The molecule has 2 heterocycles. The van der Waals surface area contributed by atoms with E-state index in [1.54, 1.807) is 0 Å². The van der Waals surface area contributed by atoms with E-state index < -0.39 is 0 Å². The first-order chi connectivity index (χ1) is 16.7. The molecule has 4 nitrogen and oxygen atoms in total. The fraction of sp³-hybridized carbons (Fsp3) is 0.567. The zero-order valence-electron chi connectivity index (χ0n) is 21.6. The van der Waals surface area contributed by atoms with E-state index in [0.29, 0.717) is 21.9 Å². The number of halogens is 1. The molecule has 2 aliphatic heterocycles. The number of hydrogen-bond acceptors (Lipinski definition) is 3. The Bertz CT molecular complexity index is 1070. The standard InChI is InChI=1S/C30H39ClN2O2/c1-21(2)35-25-10-8-23(9-11-25)29(4)20-30(29)14-18-32(19-15-30)24-12-16-33(17-13-24)28(34)26-6-5-7-27(31)22(26)3/h5-11,21,24H,12-20H2,1-4H3. The van der Waals surface area contributed by atoms with Crippen molar-refractivity contribution in [3.05, 3.63) is 64.2 Å². The van der Waals surface area contributed by atoms with E-state index in [1.165, 1.54) is 37.9 Å². The van der Waals surface area contributed by atoms with E-state index in [4.69, 9.17) is 16.3 Å². The molecule has 1 unspecified atom stereocenters. The second-order valence-corrected chi connectivity index (χ2v) is 11.9. The molecule has 1 saturated carbocycles. The van der Waals surface area contributed by atoms with Crippen LogP contribution in [0.25, 0.3) is 0 Å². The molecule has 0 aromatic heterocycles. The summed E-state index contributed by atoms with van der Waals surface area (Å²) < 4.78 is 5.84. The topological polar surface area (TPSA) is 32.8 Å². The Morgan fingerprint density at radius 3 is 2.31 bits per heavy atom. The van der Waals surface area contributed by atoms with E-state index in [9.17, 15) is 4.79 Å². The summed E-state index contributed by atoms with van der Waals surface area (Å²) in [4.78, 5) is 17.8. The fourth-order valence-electron chi connectivity index (χ4n) is 6.70. The number of carbonyl (C=O) groups is 1. The average molecular weight is 495 g/mol. The second kappa shape index (κ2) is 9.44. The number of likely N-dealkylation sites (tertiary alicyclic amines) is 2. The van der Waals surface area contributed by atoms with E-state index in [-0.39, 0.29) is 12.0 Å². The summed E-state index contributed by atoms with van der Waals surface area (Å²) in [6, 6.07) is 15.1. The predicted octanol–water partition coefficient (Wildman–Crippen LogP) is 6.48. The fourth-order valence-corrected chi connectivity index (χ4v) is 6.88. The van der Waals surface area contributed by atoms with Crippen molar-refractivity contribution in [1.29, 1.82) is 0 Å². The average Bonchev–Trinajstić information content (AvgIpc) is 3.44. The number of carbonyl (C=O) groups excluding carboxylic acids is 1. The number of ether oxygens (including phenoxy) is 1. The van der Waals surface area contributed by atoms with Gasteiger partial charge < -0.3 is 14.5 Å². The Kier molecular flexibility index (Phi) is 6.65. The molecule has 188 valence electrons. The van der Waals surface area contributed by atoms with Crippen LogP contribution in [-0.4, -0.2) is 54.0 Å². The third kappa shape index (κ3) is 4.60. The zero-order valence-corrected chi connectivity index (χ0v) is 22.4. The van der Waals surface area contributed by atoms with Gasteiger partial charge in [0.2, 0.25) is 0 Å². The van der Waals surface area contributed by atoms with Gasteiger partial charge in [-0.3, -0.25) is 4.79 Å². The number of rotatable bonds is 5. The molecule has 3 aliphatic rings. The van der Waals surface area contributed by atoms with Gasteiger partial charge in [0, 0.05) is 29.7 Å². The first kappa shape index (κ1) is 24.6. The Labute approximate surface area is 215 Å². The SMILES string of the molecule is Cc1c(Cl)cccc1C(=O)N1CCC(N2CCC3(CC2)CC3(C)c2ccc(OC(C)C)cc2)CC1. The lowest BCUT2D eigenvalue weighted by Crippen LogP contribution is -2.49. The van der Waals surface area contributed by atoms with Crippen molar-refractivity contribution >= 4 is 17.5 Å². The highest BCUT2D eigenvalue weighted by Crippen LogP contribution is 2.69. The van der Waals surface area contributed by atoms with Crippen LogP contribution in [0.15, 0.2) is 42.5 Å². The summed E-state index contributed by atoms with van der Waals surface area (Å²) in [5.41, 5.74) is 3.83. The minimum Gasteiger partial charge on any atom is -0.491 e. The Morgan fingerprint density at radius 2 is 1.69 bits per heavy atom. The number of amides is 1. The molecule has 2 aromatic rings. The molecular weight excluding hydrogens is 456 g/mol. The monoisotopic (exact) mass is 494 g/mol. The minimum atomic E-state index is 0.125. The molecule has 3 fully saturated rings. The maximum absolute atomic E-state index is 13.1. The van der Waals surface area contributed by atoms with E-state index in [1.807, 2.05) is 30.0 Å². The van der Waals surface area contributed by atoms with Gasteiger partial charge in [-0.1, -0.05) is 36.7 Å². The molecule has 2 aromatic carbocycles. The molecule has 1 atom stereocenters. The maximum Gasteiger partial charge on any atom is 0.254 e. The number of benzene rings is 2. The highest BCUT2D eigenvalue weighted by molar-refractivity contribution is 6.31. The first-order valence-corrected chi connectivity index (χ1v) is 13.7. The van der Waals surface area contributed by atoms with Crippen molar-refractivity contribution in [3.63, 3.8) is 0 Å². The van der Waals surface area contributed by atoms with Crippen LogP contribution in [0.1, 0.15) is 74.4 Å². The first-order valence-electron chi connectivity index (χ1n) is 13.3. The molecular formula is C30H39ClN2O2. The van der Waals surface area contributed by atoms with Gasteiger partial charge in [0.15, 0.2) is 0 Å². The molecule has 0 radical (unpaired) electrons. The number of piperidine rings is 2. The maximum atomic E-state index is 13.1. The van der Waals surface area contributed by atoms with Crippen molar-refractivity contribution in [3.8, 4) is 5.75 Å². The quantitative estimate of drug-likeness (QED) is 0.476. The summed E-state index contributed by atoms with van der Waals surface area (Å²) in [7, 11) is 0. The van der Waals surface area contributed by atoms with E-state index in [2.05, 4.69) is 49.9 Å². The van der Waals surface area contributed by atoms with Crippen LogP contribution in [0.2, 0.25) is 5.02 Å². The van der Waals surface area contributed by atoms with Crippen LogP contribution in [0.4, 0.5) is 0 Å². The van der Waals surface area contributed by atoms with E-state index in [0.717, 1.165) is 42.8 Å². The van der Waals surface area contributed by atoms with Gasteiger partial charge in [0.1, 0.15) is 5.75 Å². The number of nitrogens with zero attached hydrogens (tertiary/aromatic N) is 2. The highest BCUT2D eigenvalue weighted by Gasteiger charge is 2.64. The predicted molar refractivity (Wildman–Crippen MR) is 143 cm³/mol. The van der Waals surface area contributed by atoms with Crippen molar-refractivity contribution in [2.24, 2.45) is 5.41 Å². The third-order valence-corrected chi connectivity index (χ3v) is 9.53. The molecule has 0 N–H and O–H groups in total. The Morgan fingerprint density at radius 1 is 1.03 bits per heavy atom. The van der Waals surface area contributed by atoms with Crippen LogP contribution in [0.5, 0.6) is 5.75 Å². The molecule has 5 rings (SSSR count).